The molecule has 29 heavy (non-hydrogen) atoms. The van der Waals surface area contributed by atoms with Crippen molar-refractivity contribution >= 4 is 5.96 Å². The van der Waals surface area contributed by atoms with E-state index in [-0.39, 0.29) is 0 Å². The molecule has 2 N–H and O–H groups in total. The van der Waals surface area contributed by atoms with Gasteiger partial charge < -0.3 is 24.5 Å². The summed E-state index contributed by atoms with van der Waals surface area (Å²) in [6, 6.07) is 12.1. The molecule has 0 saturated carbocycles. The molecule has 0 spiro atoms. The van der Waals surface area contributed by atoms with Crippen molar-refractivity contribution in [3.05, 3.63) is 54.0 Å². The highest BCUT2D eigenvalue weighted by atomic mass is 16.5. The molecule has 1 aliphatic heterocycles. The van der Waals surface area contributed by atoms with Crippen LogP contribution in [-0.2, 0) is 17.6 Å². The number of rotatable bonds is 10. The van der Waals surface area contributed by atoms with Gasteiger partial charge in [0, 0.05) is 32.7 Å². The third kappa shape index (κ3) is 7.81. The third-order valence-electron chi connectivity index (χ3n) is 5.10. The van der Waals surface area contributed by atoms with Gasteiger partial charge in [-0.25, -0.2) is 0 Å². The van der Waals surface area contributed by atoms with Crippen molar-refractivity contribution < 1.29 is 13.9 Å². The van der Waals surface area contributed by atoms with E-state index < -0.39 is 0 Å². The second kappa shape index (κ2) is 12.2. The lowest BCUT2D eigenvalue weighted by Crippen LogP contribution is -2.39. The molecule has 2 aromatic rings. The maximum absolute atomic E-state index is 5.81. The standard InChI is InChI=1S/C23H33N3O3/c1-27-20-9-7-19(8-10-20)11-14-24-23(26-16-13-22-6-4-18-29-22)25-15-12-21-5-2-3-17-28-21/h4,6-10,18,21H,2-3,5,11-17H2,1H3,(H2,24,25,26). The lowest BCUT2D eigenvalue weighted by Gasteiger charge is -2.22. The number of benzene rings is 1. The van der Waals surface area contributed by atoms with E-state index in [2.05, 4.69) is 22.8 Å². The molecule has 2 heterocycles. The Bertz CT molecular complexity index is 707. The Morgan fingerprint density at radius 2 is 1.93 bits per heavy atom. The second-order valence-corrected chi connectivity index (χ2v) is 7.29. The van der Waals surface area contributed by atoms with Crippen LogP contribution >= 0.6 is 0 Å². The van der Waals surface area contributed by atoms with Gasteiger partial charge in [-0.2, -0.15) is 0 Å². The molecule has 1 atom stereocenters. The fraction of sp³-hybridized carbons (Fsp3) is 0.522. The molecule has 158 valence electrons. The van der Waals surface area contributed by atoms with E-state index in [1.165, 1.54) is 18.4 Å². The normalized spacial score (nSPS) is 17.1. The number of guanidine groups is 1. The zero-order valence-corrected chi connectivity index (χ0v) is 17.4. The van der Waals surface area contributed by atoms with E-state index in [0.29, 0.717) is 6.10 Å². The summed E-state index contributed by atoms with van der Waals surface area (Å²) in [4.78, 5) is 4.76. The van der Waals surface area contributed by atoms with Crippen LogP contribution in [0.15, 0.2) is 52.1 Å². The highest BCUT2D eigenvalue weighted by Gasteiger charge is 2.13. The molecule has 6 nitrogen and oxygen atoms in total. The first-order chi connectivity index (χ1) is 14.3. The molecule has 1 aromatic heterocycles. The number of nitrogens with zero attached hydrogens (tertiary/aromatic N) is 1. The molecule has 1 saturated heterocycles. The van der Waals surface area contributed by atoms with E-state index in [4.69, 9.17) is 18.9 Å². The largest absolute Gasteiger partial charge is 0.497 e. The maximum Gasteiger partial charge on any atom is 0.191 e. The number of ether oxygens (including phenoxy) is 2. The van der Waals surface area contributed by atoms with Gasteiger partial charge in [0.25, 0.3) is 0 Å². The Kier molecular flexibility index (Phi) is 8.91. The highest BCUT2D eigenvalue weighted by Crippen LogP contribution is 2.15. The predicted molar refractivity (Wildman–Crippen MR) is 116 cm³/mol. The summed E-state index contributed by atoms with van der Waals surface area (Å²) in [6.45, 7) is 3.26. The first kappa shape index (κ1) is 21.2. The van der Waals surface area contributed by atoms with E-state index in [1.807, 2.05) is 24.3 Å². The lowest BCUT2D eigenvalue weighted by atomic mass is 10.1. The number of hydrogen-bond donors (Lipinski definition) is 2. The monoisotopic (exact) mass is 399 g/mol. The quantitative estimate of drug-likeness (QED) is 0.472. The Balaban J connectivity index is 1.45. The van der Waals surface area contributed by atoms with E-state index >= 15 is 0 Å². The fourth-order valence-corrected chi connectivity index (χ4v) is 3.41. The smallest absolute Gasteiger partial charge is 0.191 e. The number of nitrogens with one attached hydrogen (secondary N) is 2. The molecule has 0 radical (unpaired) electrons. The molecule has 1 fully saturated rings. The van der Waals surface area contributed by atoms with E-state index in [9.17, 15) is 0 Å². The zero-order valence-electron chi connectivity index (χ0n) is 17.4. The van der Waals surface area contributed by atoms with Crippen LogP contribution in [0.25, 0.3) is 0 Å². The molecular formula is C23H33N3O3. The van der Waals surface area contributed by atoms with E-state index in [0.717, 1.165) is 69.4 Å². The number of hydrogen-bond acceptors (Lipinski definition) is 4. The summed E-state index contributed by atoms with van der Waals surface area (Å²) < 4.78 is 16.4. The molecule has 0 aliphatic carbocycles. The highest BCUT2D eigenvalue weighted by molar-refractivity contribution is 5.79. The molecule has 1 aromatic carbocycles. The number of aliphatic imine (C=N–C) groups is 1. The third-order valence-corrected chi connectivity index (χ3v) is 5.10. The summed E-state index contributed by atoms with van der Waals surface area (Å²) >= 11 is 0. The van der Waals surface area contributed by atoms with Crippen molar-refractivity contribution in [2.24, 2.45) is 4.99 Å². The summed E-state index contributed by atoms with van der Waals surface area (Å²) in [5.74, 6) is 2.71. The van der Waals surface area contributed by atoms with Crippen LogP contribution in [0.4, 0.5) is 0 Å². The van der Waals surface area contributed by atoms with Crippen LogP contribution in [0.5, 0.6) is 5.75 Å². The van der Waals surface area contributed by atoms with Gasteiger partial charge in [0.1, 0.15) is 11.5 Å². The van der Waals surface area contributed by atoms with Gasteiger partial charge in [-0.3, -0.25) is 4.99 Å². The van der Waals surface area contributed by atoms with Gasteiger partial charge in [0.15, 0.2) is 5.96 Å². The molecule has 1 aliphatic rings. The van der Waals surface area contributed by atoms with Crippen molar-refractivity contribution in [2.45, 2.75) is 44.6 Å². The van der Waals surface area contributed by atoms with Crippen molar-refractivity contribution in [2.75, 3.05) is 33.4 Å². The fourth-order valence-electron chi connectivity index (χ4n) is 3.41. The first-order valence-electron chi connectivity index (χ1n) is 10.6. The van der Waals surface area contributed by atoms with Crippen molar-refractivity contribution in [1.29, 1.82) is 0 Å². The first-order valence-corrected chi connectivity index (χ1v) is 10.6. The van der Waals surface area contributed by atoms with Gasteiger partial charge >= 0.3 is 0 Å². The summed E-state index contributed by atoms with van der Waals surface area (Å²) in [7, 11) is 1.69. The summed E-state index contributed by atoms with van der Waals surface area (Å²) in [5, 5.41) is 6.87. The minimum Gasteiger partial charge on any atom is -0.497 e. The van der Waals surface area contributed by atoms with Crippen LogP contribution in [0.3, 0.4) is 0 Å². The number of methoxy groups -OCH3 is 1. The maximum atomic E-state index is 5.81. The average Bonchev–Trinajstić information content (AvgIpc) is 3.28. The van der Waals surface area contributed by atoms with Gasteiger partial charge in [0.2, 0.25) is 0 Å². The molecule has 1 unspecified atom stereocenters. The van der Waals surface area contributed by atoms with E-state index in [1.54, 1.807) is 13.4 Å². The van der Waals surface area contributed by atoms with Crippen LogP contribution in [-0.4, -0.2) is 45.4 Å². The predicted octanol–water partition coefficient (Wildman–Crippen LogP) is 3.57. The van der Waals surface area contributed by atoms with Crippen LogP contribution in [0.2, 0.25) is 0 Å². The van der Waals surface area contributed by atoms with Gasteiger partial charge in [-0.05, 0) is 61.9 Å². The van der Waals surface area contributed by atoms with Gasteiger partial charge in [-0.1, -0.05) is 12.1 Å². The molecule has 6 heteroatoms. The van der Waals surface area contributed by atoms with Crippen LogP contribution in [0.1, 0.15) is 37.0 Å². The average molecular weight is 400 g/mol. The minimum absolute atomic E-state index is 0.358. The topological polar surface area (TPSA) is 68.0 Å². The van der Waals surface area contributed by atoms with Crippen molar-refractivity contribution in [3.63, 3.8) is 0 Å². The van der Waals surface area contributed by atoms with Gasteiger partial charge in [0.05, 0.1) is 19.5 Å². The molecule has 3 rings (SSSR count). The molecule has 0 amide bonds. The zero-order chi connectivity index (χ0) is 20.2. The Morgan fingerprint density at radius 1 is 1.10 bits per heavy atom. The minimum atomic E-state index is 0.358. The van der Waals surface area contributed by atoms with Crippen molar-refractivity contribution in [3.8, 4) is 5.75 Å². The Labute approximate surface area is 173 Å². The van der Waals surface area contributed by atoms with Crippen LogP contribution in [0, 0.1) is 0 Å². The van der Waals surface area contributed by atoms with Crippen molar-refractivity contribution in [1.82, 2.24) is 10.6 Å². The summed E-state index contributed by atoms with van der Waals surface area (Å²) in [5.41, 5.74) is 1.27. The lowest BCUT2D eigenvalue weighted by molar-refractivity contribution is 0.0129. The number of furan rings is 1. The molecule has 0 bridgehead atoms. The SMILES string of the molecule is COc1ccc(CCNC(=NCCC2CCCCO2)NCCc2ccco2)cc1. The van der Waals surface area contributed by atoms with Crippen LogP contribution < -0.4 is 15.4 Å². The summed E-state index contributed by atoms with van der Waals surface area (Å²) in [6.07, 6.45) is 8.41. The Morgan fingerprint density at radius 3 is 2.62 bits per heavy atom. The Hall–Kier alpha value is -2.47. The molecular weight excluding hydrogens is 366 g/mol. The van der Waals surface area contributed by atoms with Gasteiger partial charge in [-0.15, -0.1) is 0 Å². The second-order valence-electron chi connectivity index (χ2n) is 7.29.